The summed E-state index contributed by atoms with van der Waals surface area (Å²) in [5.41, 5.74) is 2.09. The molecule has 0 bridgehead atoms. The number of nitrogens with one attached hydrogen (secondary N) is 2. The molecule has 2 N–H and O–H groups in total. The maximum absolute atomic E-state index is 4.27. The Labute approximate surface area is 95.1 Å². The Bertz CT molecular complexity index is 436. The molecule has 1 unspecified atom stereocenters. The van der Waals surface area contributed by atoms with Crippen LogP contribution in [-0.4, -0.2) is 15.0 Å². The third-order valence-electron chi connectivity index (χ3n) is 2.50. The highest BCUT2D eigenvalue weighted by Gasteiger charge is 2.10. The Kier molecular flexibility index (Phi) is 3.19. The van der Waals surface area contributed by atoms with Crippen molar-refractivity contribution in [2.45, 2.75) is 26.3 Å². The molecule has 0 saturated carbocycles. The van der Waals surface area contributed by atoms with E-state index >= 15 is 0 Å². The van der Waals surface area contributed by atoms with E-state index in [1.165, 1.54) is 0 Å². The lowest BCUT2D eigenvalue weighted by molar-refractivity contribution is 0.704. The quantitative estimate of drug-likeness (QED) is 0.826. The van der Waals surface area contributed by atoms with Crippen LogP contribution in [0.15, 0.2) is 30.7 Å². The lowest BCUT2D eigenvalue weighted by atomic mass is 10.2. The van der Waals surface area contributed by atoms with Gasteiger partial charge in [-0.15, -0.1) is 0 Å². The van der Waals surface area contributed by atoms with Crippen molar-refractivity contribution >= 4 is 5.69 Å². The van der Waals surface area contributed by atoms with Gasteiger partial charge in [0.2, 0.25) is 0 Å². The average molecular weight is 216 g/mol. The predicted molar refractivity (Wildman–Crippen MR) is 64.2 cm³/mol. The summed E-state index contributed by atoms with van der Waals surface area (Å²) in [6.45, 7) is 4.12. The summed E-state index contributed by atoms with van der Waals surface area (Å²) in [7, 11) is 0. The van der Waals surface area contributed by atoms with Crippen LogP contribution < -0.4 is 5.32 Å². The number of pyridine rings is 1. The molecule has 0 fully saturated rings. The van der Waals surface area contributed by atoms with Crippen molar-refractivity contribution in [3.63, 3.8) is 0 Å². The Balaban J connectivity index is 2.13. The predicted octanol–water partition coefficient (Wildman–Crippen LogP) is 2.68. The van der Waals surface area contributed by atoms with E-state index in [0.717, 1.165) is 23.6 Å². The molecule has 2 aromatic heterocycles. The van der Waals surface area contributed by atoms with E-state index in [-0.39, 0.29) is 6.04 Å². The smallest absolute Gasteiger partial charge is 0.128 e. The maximum Gasteiger partial charge on any atom is 0.128 e. The SMILES string of the molecule is CCC(Nc1ccnc(C)c1)c1ncc[nH]1. The van der Waals surface area contributed by atoms with Gasteiger partial charge in [-0.25, -0.2) is 4.98 Å². The topological polar surface area (TPSA) is 53.6 Å². The van der Waals surface area contributed by atoms with Crippen LogP contribution in [0.3, 0.4) is 0 Å². The fourth-order valence-electron chi connectivity index (χ4n) is 1.67. The number of imidazole rings is 1. The van der Waals surface area contributed by atoms with E-state index in [1.54, 1.807) is 6.20 Å². The van der Waals surface area contributed by atoms with Gasteiger partial charge in [0.25, 0.3) is 0 Å². The van der Waals surface area contributed by atoms with Gasteiger partial charge in [0.1, 0.15) is 5.82 Å². The number of aromatic nitrogens is 3. The Morgan fingerprint density at radius 1 is 1.38 bits per heavy atom. The number of aryl methyl sites for hydroxylation is 1. The van der Waals surface area contributed by atoms with Crippen LogP contribution in [0, 0.1) is 6.92 Å². The molecule has 0 spiro atoms. The molecule has 0 amide bonds. The minimum atomic E-state index is 0.219. The van der Waals surface area contributed by atoms with Gasteiger partial charge in [-0.05, 0) is 25.5 Å². The van der Waals surface area contributed by atoms with Gasteiger partial charge in [-0.2, -0.15) is 0 Å². The molecule has 2 heterocycles. The minimum Gasteiger partial charge on any atom is -0.375 e. The molecule has 84 valence electrons. The summed E-state index contributed by atoms with van der Waals surface area (Å²) in [6.07, 6.45) is 6.41. The molecule has 1 atom stereocenters. The fourth-order valence-corrected chi connectivity index (χ4v) is 1.67. The monoisotopic (exact) mass is 216 g/mol. The minimum absolute atomic E-state index is 0.219. The van der Waals surface area contributed by atoms with Crippen LogP contribution in [0.4, 0.5) is 5.69 Å². The zero-order chi connectivity index (χ0) is 11.4. The summed E-state index contributed by atoms with van der Waals surface area (Å²) in [6, 6.07) is 4.22. The number of H-pyrrole nitrogens is 1. The number of rotatable bonds is 4. The van der Waals surface area contributed by atoms with Gasteiger partial charge in [0.05, 0.1) is 6.04 Å². The van der Waals surface area contributed by atoms with Crippen LogP contribution in [0.25, 0.3) is 0 Å². The Morgan fingerprint density at radius 2 is 2.25 bits per heavy atom. The number of nitrogens with zero attached hydrogens (tertiary/aromatic N) is 2. The van der Waals surface area contributed by atoms with Gasteiger partial charge in [-0.3, -0.25) is 4.98 Å². The zero-order valence-corrected chi connectivity index (χ0v) is 9.57. The van der Waals surface area contributed by atoms with Crippen molar-refractivity contribution in [3.05, 3.63) is 42.2 Å². The fraction of sp³-hybridized carbons (Fsp3) is 0.333. The molecular formula is C12H16N4. The molecule has 4 nitrogen and oxygen atoms in total. The highest BCUT2D eigenvalue weighted by Crippen LogP contribution is 2.19. The number of aromatic amines is 1. The van der Waals surface area contributed by atoms with Crippen LogP contribution >= 0.6 is 0 Å². The first kappa shape index (κ1) is 10.7. The van der Waals surface area contributed by atoms with Crippen molar-refractivity contribution in [2.75, 3.05) is 5.32 Å². The van der Waals surface area contributed by atoms with Crippen LogP contribution in [0.5, 0.6) is 0 Å². The van der Waals surface area contributed by atoms with Crippen molar-refractivity contribution < 1.29 is 0 Å². The molecule has 0 aliphatic rings. The van der Waals surface area contributed by atoms with E-state index in [1.807, 2.05) is 31.5 Å². The molecule has 2 aromatic rings. The standard InChI is InChI=1S/C12H16N4/c1-3-11(12-14-6-7-15-12)16-10-4-5-13-9(2)8-10/h4-8,11H,3H2,1-2H3,(H,13,16)(H,14,15). The van der Waals surface area contributed by atoms with E-state index in [4.69, 9.17) is 0 Å². The second kappa shape index (κ2) is 4.79. The molecule has 0 saturated heterocycles. The second-order valence-corrected chi connectivity index (χ2v) is 3.77. The van der Waals surface area contributed by atoms with E-state index in [9.17, 15) is 0 Å². The molecular weight excluding hydrogens is 200 g/mol. The first-order chi connectivity index (χ1) is 7.79. The van der Waals surface area contributed by atoms with Crippen molar-refractivity contribution in [3.8, 4) is 0 Å². The Morgan fingerprint density at radius 3 is 2.88 bits per heavy atom. The number of hydrogen-bond acceptors (Lipinski definition) is 3. The van der Waals surface area contributed by atoms with E-state index in [2.05, 4.69) is 27.2 Å². The van der Waals surface area contributed by atoms with Crippen LogP contribution in [0.1, 0.15) is 30.9 Å². The second-order valence-electron chi connectivity index (χ2n) is 3.77. The maximum atomic E-state index is 4.27. The number of hydrogen-bond donors (Lipinski definition) is 2. The van der Waals surface area contributed by atoms with E-state index < -0.39 is 0 Å². The number of anilines is 1. The zero-order valence-electron chi connectivity index (χ0n) is 9.57. The molecule has 2 rings (SSSR count). The first-order valence-corrected chi connectivity index (χ1v) is 5.48. The summed E-state index contributed by atoms with van der Waals surface area (Å²) < 4.78 is 0. The van der Waals surface area contributed by atoms with Crippen molar-refractivity contribution in [2.24, 2.45) is 0 Å². The van der Waals surface area contributed by atoms with Gasteiger partial charge >= 0.3 is 0 Å². The van der Waals surface area contributed by atoms with Gasteiger partial charge in [0.15, 0.2) is 0 Å². The summed E-state index contributed by atoms with van der Waals surface area (Å²) in [5, 5.41) is 3.44. The molecule has 0 aromatic carbocycles. The largest absolute Gasteiger partial charge is 0.375 e. The lowest BCUT2D eigenvalue weighted by Gasteiger charge is -2.16. The highest BCUT2D eigenvalue weighted by atomic mass is 15.0. The summed E-state index contributed by atoms with van der Waals surface area (Å²) in [5.74, 6) is 0.969. The molecule has 0 aliphatic carbocycles. The normalized spacial score (nSPS) is 12.4. The van der Waals surface area contributed by atoms with Crippen LogP contribution in [0.2, 0.25) is 0 Å². The Hall–Kier alpha value is -1.84. The molecule has 16 heavy (non-hydrogen) atoms. The van der Waals surface area contributed by atoms with Crippen molar-refractivity contribution in [1.29, 1.82) is 0 Å². The molecule has 0 radical (unpaired) electrons. The van der Waals surface area contributed by atoms with E-state index in [0.29, 0.717) is 0 Å². The van der Waals surface area contributed by atoms with Crippen LogP contribution in [-0.2, 0) is 0 Å². The van der Waals surface area contributed by atoms with Crippen molar-refractivity contribution in [1.82, 2.24) is 15.0 Å². The lowest BCUT2D eigenvalue weighted by Crippen LogP contribution is -2.11. The van der Waals surface area contributed by atoms with Gasteiger partial charge in [0, 0.05) is 30.0 Å². The molecule has 0 aliphatic heterocycles. The third kappa shape index (κ3) is 2.39. The summed E-state index contributed by atoms with van der Waals surface area (Å²) in [4.78, 5) is 11.6. The van der Waals surface area contributed by atoms with Gasteiger partial charge < -0.3 is 10.3 Å². The average Bonchev–Trinajstić information content (AvgIpc) is 2.79. The highest BCUT2D eigenvalue weighted by molar-refractivity contribution is 5.44. The van der Waals surface area contributed by atoms with Gasteiger partial charge in [-0.1, -0.05) is 6.92 Å². The first-order valence-electron chi connectivity index (χ1n) is 5.48. The summed E-state index contributed by atoms with van der Waals surface area (Å²) >= 11 is 0. The third-order valence-corrected chi connectivity index (χ3v) is 2.50. The molecule has 4 heteroatoms.